The van der Waals surface area contributed by atoms with Gasteiger partial charge in [-0.3, -0.25) is 24.6 Å². The standard InChI is InChI=1S/C13H22N2O4/c1-4-5-15-11(16)7-9(12(15)17)14-10(13(18)19)6-8(2)3/h8-10,14H,4-7H2,1-3H3,(H,18,19). The highest BCUT2D eigenvalue weighted by molar-refractivity contribution is 6.05. The van der Waals surface area contributed by atoms with E-state index in [0.717, 1.165) is 0 Å². The van der Waals surface area contributed by atoms with E-state index in [2.05, 4.69) is 5.32 Å². The lowest BCUT2D eigenvalue weighted by atomic mass is 10.0. The second-order valence-electron chi connectivity index (χ2n) is 5.33. The molecule has 1 rings (SSSR count). The molecule has 2 atom stereocenters. The molecular formula is C13H22N2O4. The number of likely N-dealkylation sites (tertiary alicyclic amines) is 1. The van der Waals surface area contributed by atoms with E-state index < -0.39 is 18.1 Å². The van der Waals surface area contributed by atoms with Crippen molar-refractivity contribution in [3.05, 3.63) is 0 Å². The number of carboxylic acid groups (broad SMARTS) is 1. The van der Waals surface area contributed by atoms with Crippen LogP contribution in [0.15, 0.2) is 0 Å². The third kappa shape index (κ3) is 4.02. The molecule has 6 nitrogen and oxygen atoms in total. The molecule has 0 aromatic heterocycles. The second kappa shape index (κ2) is 6.65. The van der Waals surface area contributed by atoms with Crippen molar-refractivity contribution in [2.75, 3.05) is 6.54 Å². The first kappa shape index (κ1) is 15.6. The Morgan fingerprint density at radius 3 is 2.58 bits per heavy atom. The van der Waals surface area contributed by atoms with Gasteiger partial charge in [-0.1, -0.05) is 20.8 Å². The maximum Gasteiger partial charge on any atom is 0.320 e. The van der Waals surface area contributed by atoms with Crippen LogP contribution in [0, 0.1) is 5.92 Å². The fourth-order valence-electron chi connectivity index (χ4n) is 2.23. The summed E-state index contributed by atoms with van der Waals surface area (Å²) in [7, 11) is 0. The average Bonchev–Trinajstić information content (AvgIpc) is 2.56. The van der Waals surface area contributed by atoms with Gasteiger partial charge in [-0.15, -0.1) is 0 Å². The number of carboxylic acids is 1. The quantitative estimate of drug-likeness (QED) is 0.662. The number of carbonyl (C=O) groups excluding carboxylic acids is 2. The maximum atomic E-state index is 12.0. The summed E-state index contributed by atoms with van der Waals surface area (Å²) in [6.07, 6.45) is 1.19. The van der Waals surface area contributed by atoms with Gasteiger partial charge in [0.15, 0.2) is 0 Å². The Hall–Kier alpha value is -1.43. The number of nitrogens with zero attached hydrogens (tertiary/aromatic N) is 1. The van der Waals surface area contributed by atoms with Crippen LogP contribution in [0.25, 0.3) is 0 Å². The van der Waals surface area contributed by atoms with Gasteiger partial charge in [0.2, 0.25) is 11.8 Å². The predicted octanol–water partition coefficient (Wildman–Crippen LogP) is 0.613. The third-order valence-corrected chi connectivity index (χ3v) is 3.10. The Kier molecular flexibility index (Phi) is 5.47. The summed E-state index contributed by atoms with van der Waals surface area (Å²) in [5.74, 6) is -1.31. The first-order valence-corrected chi connectivity index (χ1v) is 6.69. The third-order valence-electron chi connectivity index (χ3n) is 3.10. The molecule has 1 heterocycles. The van der Waals surface area contributed by atoms with Gasteiger partial charge < -0.3 is 5.11 Å². The van der Waals surface area contributed by atoms with Crippen LogP contribution >= 0.6 is 0 Å². The van der Waals surface area contributed by atoms with Crippen molar-refractivity contribution in [1.82, 2.24) is 10.2 Å². The first-order valence-electron chi connectivity index (χ1n) is 6.69. The molecule has 0 aromatic rings. The highest BCUT2D eigenvalue weighted by Crippen LogP contribution is 2.15. The molecular weight excluding hydrogens is 248 g/mol. The highest BCUT2D eigenvalue weighted by Gasteiger charge is 2.39. The van der Waals surface area contributed by atoms with Crippen molar-refractivity contribution in [1.29, 1.82) is 0 Å². The largest absolute Gasteiger partial charge is 0.480 e. The zero-order chi connectivity index (χ0) is 14.6. The molecule has 0 saturated carbocycles. The zero-order valence-corrected chi connectivity index (χ0v) is 11.7. The number of nitrogens with one attached hydrogen (secondary N) is 1. The molecule has 108 valence electrons. The Morgan fingerprint density at radius 2 is 2.11 bits per heavy atom. The van der Waals surface area contributed by atoms with Crippen LogP contribution in [-0.2, 0) is 14.4 Å². The molecule has 1 fully saturated rings. The molecule has 6 heteroatoms. The number of hydrogen-bond donors (Lipinski definition) is 2. The number of imide groups is 1. The molecule has 0 aromatic carbocycles. The van der Waals surface area contributed by atoms with Crippen molar-refractivity contribution in [3.63, 3.8) is 0 Å². The zero-order valence-electron chi connectivity index (χ0n) is 11.7. The van der Waals surface area contributed by atoms with Crippen LogP contribution < -0.4 is 5.32 Å². The van der Waals surface area contributed by atoms with Gasteiger partial charge in [0.1, 0.15) is 6.04 Å². The number of carbonyl (C=O) groups is 3. The van der Waals surface area contributed by atoms with Gasteiger partial charge in [0.25, 0.3) is 0 Å². The van der Waals surface area contributed by atoms with Crippen LogP contribution in [-0.4, -0.2) is 46.4 Å². The van der Waals surface area contributed by atoms with Gasteiger partial charge in [-0.25, -0.2) is 0 Å². The molecule has 1 saturated heterocycles. The van der Waals surface area contributed by atoms with Crippen molar-refractivity contribution in [3.8, 4) is 0 Å². The van der Waals surface area contributed by atoms with Crippen LogP contribution in [0.2, 0.25) is 0 Å². The molecule has 0 spiro atoms. The van der Waals surface area contributed by atoms with Gasteiger partial charge >= 0.3 is 5.97 Å². The molecule has 19 heavy (non-hydrogen) atoms. The minimum atomic E-state index is -0.983. The predicted molar refractivity (Wildman–Crippen MR) is 69.4 cm³/mol. The van der Waals surface area contributed by atoms with E-state index >= 15 is 0 Å². The van der Waals surface area contributed by atoms with E-state index in [1.807, 2.05) is 20.8 Å². The summed E-state index contributed by atoms with van der Waals surface area (Å²) < 4.78 is 0. The van der Waals surface area contributed by atoms with Crippen LogP contribution in [0.3, 0.4) is 0 Å². The number of amides is 2. The van der Waals surface area contributed by atoms with Crippen molar-refractivity contribution >= 4 is 17.8 Å². The molecule has 2 unspecified atom stereocenters. The molecule has 2 amide bonds. The molecule has 0 aliphatic carbocycles. The Morgan fingerprint density at radius 1 is 1.47 bits per heavy atom. The maximum absolute atomic E-state index is 12.0. The van der Waals surface area contributed by atoms with Gasteiger partial charge in [0, 0.05) is 6.54 Å². The van der Waals surface area contributed by atoms with Crippen molar-refractivity contribution in [2.45, 2.75) is 52.1 Å². The van der Waals surface area contributed by atoms with E-state index in [-0.39, 0.29) is 24.2 Å². The van der Waals surface area contributed by atoms with E-state index in [9.17, 15) is 14.4 Å². The van der Waals surface area contributed by atoms with Crippen molar-refractivity contribution < 1.29 is 19.5 Å². The molecule has 2 N–H and O–H groups in total. The smallest absolute Gasteiger partial charge is 0.320 e. The lowest BCUT2D eigenvalue weighted by Gasteiger charge is -2.20. The summed E-state index contributed by atoms with van der Waals surface area (Å²) in [5.41, 5.74) is 0. The first-order chi connectivity index (χ1) is 8.86. The number of hydrogen-bond acceptors (Lipinski definition) is 4. The van der Waals surface area contributed by atoms with Gasteiger partial charge in [-0.05, 0) is 18.8 Å². The van der Waals surface area contributed by atoms with Gasteiger partial charge in [0.05, 0.1) is 12.5 Å². The topological polar surface area (TPSA) is 86.7 Å². The van der Waals surface area contributed by atoms with E-state index in [0.29, 0.717) is 19.4 Å². The fraction of sp³-hybridized carbons (Fsp3) is 0.769. The fourth-order valence-corrected chi connectivity index (χ4v) is 2.23. The average molecular weight is 270 g/mol. The normalized spacial score (nSPS) is 21.3. The van der Waals surface area contributed by atoms with Crippen molar-refractivity contribution in [2.24, 2.45) is 5.92 Å². The second-order valence-corrected chi connectivity index (χ2v) is 5.33. The van der Waals surface area contributed by atoms with Crippen LogP contribution in [0.5, 0.6) is 0 Å². The minimum absolute atomic E-state index is 0.0563. The Bertz CT molecular complexity index is 368. The summed E-state index contributed by atoms with van der Waals surface area (Å²) in [6, 6.07) is -1.48. The number of rotatable bonds is 7. The molecule has 1 aliphatic heterocycles. The Balaban J connectivity index is 2.68. The molecule has 1 aliphatic rings. The van der Waals surface area contributed by atoms with Crippen LogP contribution in [0.4, 0.5) is 0 Å². The van der Waals surface area contributed by atoms with E-state index in [1.54, 1.807) is 0 Å². The van der Waals surface area contributed by atoms with Crippen LogP contribution in [0.1, 0.15) is 40.0 Å². The summed E-state index contributed by atoms with van der Waals surface area (Å²) in [6.45, 7) is 6.13. The highest BCUT2D eigenvalue weighted by atomic mass is 16.4. The lowest BCUT2D eigenvalue weighted by Crippen LogP contribution is -2.47. The monoisotopic (exact) mass is 270 g/mol. The van der Waals surface area contributed by atoms with E-state index in [4.69, 9.17) is 5.11 Å². The summed E-state index contributed by atoms with van der Waals surface area (Å²) in [4.78, 5) is 36.0. The summed E-state index contributed by atoms with van der Waals surface area (Å²) in [5, 5.41) is 11.9. The van der Waals surface area contributed by atoms with Gasteiger partial charge in [-0.2, -0.15) is 0 Å². The Labute approximate surface area is 113 Å². The molecule has 0 radical (unpaired) electrons. The van der Waals surface area contributed by atoms with E-state index in [1.165, 1.54) is 4.90 Å². The minimum Gasteiger partial charge on any atom is -0.480 e. The SMILES string of the molecule is CCCN1C(=O)CC(NC(CC(C)C)C(=O)O)C1=O. The number of aliphatic carboxylic acids is 1. The lowest BCUT2D eigenvalue weighted by molar-refractivity contribution is -0.140. The summed E-state index contributed by atoms with van der Waals surface area (Å²) >= 11 is 0. The molecule has 0 bridgehead atoms.